The summed E-state index contributed by atoms with van der Waals surface area (Å²) in [5, 5.41) is 0. The summed E-state index contributed by atoms with van der Waals surface area (Å²) in [7, 11) is 0. The second-order valence-corrected chi connectivity index (χ2v) is 7.61. The van der Waals surface area contributed by atoms with Crippen molar-refractivity contribution in [2.75, 3.05) is 0 Å². The lowest BCUT2D eigenvalue weighted by molar-refractivity contribution is 0.0112. The highest BCUT2D eigenvalue weighted by atomic mass is 16.5. The van der Waals surface area contributed by atoms with Crippen LogP contribution in [0.1, 0.15) is 52.1 Å². The van der Waals surface area contributed by atoms with E-state index in [1.165, 1.54) is 0 Å². The van der Waals surface area contributed by atoms with Gasteiger partial charge in [0.15, 0.2) is 5.78 Å². The van der Waals surface area contributed by atoms with Crippen molar-refractivity contribution in [2.45, 2.75) is 50.3 Å². The smallest absolute Gasteiger partial charge is 0.256 e. The molecule has 3 aliphatic heterocycles. The molecule has 4 heterocycles. The number of rotatable bonds is 1. The maximum atomic E-state index is 13.1. The van der Waals surface area contributed by atoms with Gasteiger partial charge in [0.25, 0.3) is 5.91 Å². The Balaban J connectivity index is 1.49. The van der Waals surface area contributed by atoms with E-state index in [1.54, 1.807) is 6.20 Å². The number of aromatic nitrogens is 1. The van der Waals surface area contributed by atoms with Gasteiger partial charge >= 0.3 is 0 Å². The lowest BCUT2D eigenvalue weighted by atomic mass is 9.78. The SMILES string of the molecule is Cc1ccc(C(=O)N2[C@H]3CC[C@H]2[C@@]2(CC(=O)c4ccccc4O2)C3)cn1. The Morgan fingerprint density at radius 3 is 2.88 bits per heavy atom. The van der Waals surface area contributed by atoms with Gasteiger partial charge in [-0.3, -0.25) is 14.6 Å². The Bertz CT molecular complexity index is 908. The van der Waals surface area contributed by atoms with Crippen molar-refractivity contribution in [3.8, 4) is 5.75 Å². The monoisotopic (exact) mass is 348 g/mol. The number of ketones is 1. The highest BCUT2D eigenvalue weighted by molar-refractivity contribution is 6.01. The standard InChI is InChI=1S/C21H20N2O3/c1-13-6-7-14(12-22-13)20(25)23-15-8-9-19(23)21(10-15)11-17(24)16-4-2-3-5-18(16)26-21/h2-7,12,15,19H,8-11H2,1H3/t15-,19-,21-/m0/s1. The van der Waals surface area contributed by atoms with Gasteiger partial charge in [-0.15, -0.1) is 0 Å². The van der Waals surface area contributed by atoms with Crippen molar-refractivity contribution in [2.24, 2.45) is 0 Å². The van der Waals surface area contributed by atoms with Crippen molar-refractivity contribution in [3.05, 3.63) is 59.4 Å². The van der Waals surface area contributed by atoms with Crippen molar-refractivity contribution in [1.82, 2.24) is 9.88 Å². The maximum absolute atomic E-state index is 13.1. The second kappa shape index (κ2) is 5.40. The molecular weight excluding hydrogens is 328 g/mol. The zero-order valence-corrected chi connectivity index (χ0v) is 14.6. The number of Topliss-reactive ketones (excluding diaryl/α,β-unsaturated/α-hetero) is 1. The van der Waals surface area contributed by atoms with Gasteiger partial charge in [-0.25, -0.2) is 0 Å². The summed E-state index contributed by atoms with van der Waals surface area (Å²) in [5.74, 6) is 0.765. The van der Waals surface area contributed by atoms with Crippen LogP contribution in [0.5, 0.6) is 5.75 Å². The highest BCUT2D eigenvalue weighted by Gasteiger charge is 2.61. The van der Waals surface area contributed by atoms with Crippen LogP contribution in [-0.2, 0) is 0 Å². The number of nitrogens with zero attached hydrogens (tertiary/aromatic N) is 2. The first-order chi connectivity index (χ1) is 12.6. The van der Waals surface area contributed by atoms with Crippen LogP contribution in [-0.4, -0.2) is 39.3 Å². The molecule has 0 aliphatic carbocycles. The Hall–Kier alpha value is -2.69. The number of hydrogen-bond donors (Lipinski definition) is 0. The topological polar surface area (TPSA) is 59.5 Å². The third-order valence-corrected chi connectivity index (χ3v) is 6.04. The molecule has 0 radical (unpaired) electrons. The second-order valence-electron chi connectivity index (χ2n) is 7.61. The number of para-hydroxylation sites is 1. The lowest BCUT2D eigenvalue weighted by Gasteiger charge is -2.40. The molecule has 3 aliphatic rings. The molecule has 1 aromatic heterocycles. The fourth-order valence-corrected chi connectivity index (χ4v) is 4.89. The summed E-state index contributed by atoms with van der Waals surface area (Å²) in [4.78, 5) is 32.0. The summed E-state index contributed by atoms with van der Waals surface area (Å²) in [5.41, 5.74) is 1.57. The quantitative estimate of drug-likeness (QED) is 0.794. The third kappa shape index (κ3) is 2.13. The van der Waals surface area contributed by atoms with Gasteiger partial charge in [0.2, 0.25) is 0 Å². The van der Waals surface area contributed by atoms with Gasteiger partial charge < -0.3 is 9.64 Å². The Labute approximate surface area is 152 Å². The first-order valence-electron chi connectivity index (χ1n) is 9.14. The molecule has 1 aromatic carbocycles. The van der Waals surface area contributed by atoms with Crippen molar-refractivity contribution < 1.29 is 14.3 Å². The number of aryl methyl sites for hydroxylation is 1. The average molecular weight is 348 g/mol. The molecule has 5 nitrogen and oxygen atoms in total. The number of amides is 1. The van der Waals surface area contributed by atoms with E-state index in [4.69, 9.17) is 4.74 Å². The van der Waals surface area contributed by atoms with Crippen LogP contribution in [0, 0.1) is 6.92 Å². The molecule has 26 heavy (non-hydrogen) atoms. The maximum Gasteiger partial charge on any atom is 0.256 e. The molecule has 5 heteroatoms. The highest BCUT2D eigenvalue weighted by Crippen LogP contribution is 2.51. The Kier molecular flexibility index (Phi) is 3.23. The molecule has 5 rings (SSSR count). The van der Waals surface area contributed by atoms with Gasteiger partial charge in [-0.1, -0.05) is 12.1 Å². The molecule has 2 aromatic rings. The Morgan fingerprint density at radius 1 is 1.23 bits per heavy atom. The molecule has 2 saturated heterocycles. The summed E-state index contributed by atoms with van der Waals surface area (Å²) >= 11 is 0. The molecule has 132 valence electrons. The Morgan fingerprint density at radius 2 is 2.08 bits per heavy atom. The molecule has 0 N–H and O–H groups in total. The number of hydrogen-bond acceptors (Lipinski definition) is 4. The van der Waals surface area contributed by atoms with Crippen molar-refractivity contribution in [1.29, 1.82) is 0 Å². The summed E-state index contributed by atoms with van der Waals surface area (Å²) < 4.78 is 6.39. The number of pyridine rings is 1. The largest absolute Gasteiger partial charge is 0.484 e. The van der Waals surface area contributed by atoms with Crippen LogP contribution in [0.2, 0.25) is 0 Å². The van der Waals surface area contributed by atoms with Gasteiger partial charge in [0, 0.05) is 24.4 Å². The summed E-state index contributed by atoms with van der Waals surface area (Å²) in [6.07, 6.45) is 4.57. The van der Waals surface area contributed by atoms with Crippen LogP contribution in [0.25, 0.3) is 0 Å². The van der Waals surface area contributed by atoms with E-state index in [0.717, 1.165) is 25.0 Å². The van der Waals surface area contributed by atoms with Gasteiger partial charge in [-0.05, 0) is 44.0 Å². The minimum atomic E-state index is -0.581. The average Bonchev–Trinajstić information content (AvgIpc) is 3.17. The minimum absolute atomic E-state index is 0.00298. The number of carbonyl (C=O) groups excluding carboxylic acids is 2. The van der Waals surface area contributed by atoms with Crippen LogP contribution in [0.15, 0.2) is 42.6 Å². The predicted octanol–water partition coefficient (Wildman–Crippen LogP) is 3.17. The van der Waals surface area contributed by atoms with E-state index in [0.29, 0.717) is 23.3 Å². The first kappa shape index (κ1) is 15.6. The summed E-state index contributed by atoms with van der Waals surface area (Å²) in [6, 6.07) is 11.2. The predicted molar refractivity (Wildman–Crippen MR) is 95.3 cm³/mol. The summed E-state index contributed by atoms with van der Waals surface area (Å²) in [6.45, 7) is 1.90. The lowest BCUT2D eigenvalue weighted by Crippen LogP contribution is -2.52. The van der Waals surface area contributed by atoms with E-state index in [2.05, 4.69) is 4.98 Å². The van der Waals surface area contributed by atoms with Gasteiger partial charge in [0.1, 0.15) is 11.4 Å². The molecule has 0 unspecified atom stereocenters. The van der Waals surface area contributed by atoms with Crippen LogP contribution in [0.4, 0.5) is 0 Å². The van der Waals surface area contributed by atoms with Gasteiger partial charge in [0.05, 0.1) is 23.6 Å². The fraction of sp³-hybridized carbons (Fsp3) is 0.381. The van der Waals surface area contributed by atoms with Crippen molar-refractivity contribution >= 4 is 11.7 Å². The molecule has 1 amide bonds. The zero-order chi connectivity index (χ0) is 17.9. The fourth-order valence-electron chi connectivity index (χ4n) is 4.89. The minimum Gasteiger partial charge on any atom is -0.484 e. The van der Waals surface area contributed by atoms with E-state index >= 15 is 0 Å². The number of benzene rings is 1. The molecule has 1 spiro atoms. The normalized spacial score (nSPS) is 29.0. The molecular formula is C21H20N2O3. The third-order valence-electron chi connectivity index (χ3n) is 6.04. The molecule has 2 fully saturated rings. The van der Waals surface area contributed by atoms with E-state index in [-0.39, 0.29) is 23.8 Å². The number of carbonyl (C=O) groups is 2. The van der Waals surface area contributed by atoms with Crippen LogP contribution < -0.4 is 4.74 Å². The van der Waals surface area contributed by atoms with Crippen molar-refractivity contribution in [3.63, 3.8) is 0 Å². The van der Waals surface area contributed by atoms with E-state index in [1.807, 2.05) is 48.2 Å². The van der Waals surface area contributed by atoms with Crippen LogP contribution >= 0.6 is 0 Å². The van der Waals surface area contributed by atoms with E-state index < -0.39 is 5.60 Å². The zero-order valence-electron chi connectivity index (χ0n) is 14.6. The first-order valence-corrected chi connectivity index (χ1v) is 9.14. The van der Waals surface area contributed by atoms with E-state index in [9.17, 15) is 9.59 Å². The van der Waals surface area contributed by atoms with Gasteiger partial charge in [-0.2, -0.15) is 0 Å². The molecule has 3 atom stereocenters. The molecule has 0 saturated carbocycles. The number of fused-ring (bicyclic) bond motifs is 4. The van der Waals surface area contributed by atoms with Crippen LogP contribution in [0.3, 0.4) is 0 Å². The molecule has 2 bridgehead atoms. The number of ether oxygens (including phenoxy) is 1.